The molecule has 0 bridgehead atoms. The van der Waals surface area contributed by atoms with Gasteiger partial charge in [-0.3, -0.25) is 20.1 Å². The number of amides is 1. The lowest BCUT2D eigenvalue weighted by Gasteiger charge is -2.53. The van der Waals surface area contributed by atoms with Crippen LogP contribution in [0.2, 0.25) is 1.41 Å². The molecule has 9 N–H and O–H groups in total. The first-order valence-corrected chi connectivity index (χ1v) is 18.2. The molecule has 0 unspecified atom stereocenters. The Labute approximate surface area is 279 Å². The van der Waals surface area contributed by atoms with Crippen molar-refractivity contribution in [1.82, 2.24) is 4.90 Å². The molecule has 1 saturated heterocycles. The zero-order valence-electron chi connectivity index (χ0n) is 30.1. The summed E-state index contributed by atoms with van der Waals surface area (Å²) >= 11 is 0. The lowest BCUT2D eigenvalue weighted by Crippen LogP contribution is -2.77. The summed E-state index contributed by atoms with van der Waals surface area (Å²) in [4.78, 5) is 41.9. The van der Waals surface area contributed by atoms with Crippen LogP contribution >= 0.6 is 0 Å². The molecule has 0 radical (unpaired) electrons. The number of aliphatic hydroxyl groups is 3. The quantitative estimate of drug-likeness (QED) is 0.0408. The highest BCUT2D eigenvalue weighted by Crippen LogP contribution is 2.37. The molecule has 1 fully saturated rings. The number of Topliss-reactive ketones (excluding diaryl/α,β-unsaturated/α-hetero) is 2. The van der Waals surface area contributed by atoms with Crippen molar-refractivity contribution in [2.75, 3.05) is 19.7 Å². The van der Waals surface area contributed by atoms with Crippen molar-refractivity contribution in [3.05, 3.63) is 0 Å². The average Bonchev–Trinajstić information content (AvgIpc) is 3.04. The molecule has 0 aromatic heterocycles. The minimum absolute atomic E-state index is 0.123. The van der Waals surface area contributed by atoms with E-state index in [0.29, 0.717) is 12.8 Å². The van der Waals surface area contributed by atoms with Crippen LogP contribution in [-0.4, -0.2) is 87.1 Å². The second-order valence-corrected chi connectivity index (χ2v) is 13.5. The smallest absolute Gasteiger partial charge is 0.225 e. The number of ether oxygens (including phenoxy) is 1. The molecule has 0 aliphatic carbocycles. The summed E-state index contributed by atoms with van der Waals surface area (Å²) in [6.45, 7) is 4.40. The van der Waals surface area contributed by atoms with Crippen LogP contribution in [0.4, 0.5) is 0 Å². The third kappa shape index (κ3) is 13.2. The standard InChI is InChI=1S/C35H68N4O7/c1-4-6-8-10-12-14-16-18-20-22-24-39(29(42)23-21-19-17-15-13-11-9-7-5-2)35(38)30(32(44)31(43)27(26-40)46-35)33(45)34(3,37)28(41)25-36/h27,30-32,40,43-44H,4-26,36-38H2,1-3H3/t27-,30+,31-,32-,34-,35+/m1/s1/i/hD. The number of nitrogens with zero attached hydrogens (tertiary/aromatic N) is 1. The highest BCUT2D eigenvalue weighted by molar-refractivity contribution is 6.13. The Morgan fingerprint density at radius 3 is 1.72 bits per heavy atom. The molecule has 270 valence electrons. The van der Waals surface area contributed by atoms with E-state index in [0.717, 1.165) is 58.3 Å². The summed E-state index contributed by atoms with van der Waals surface area (Å²) in [6.07, 6.45) is 15.5. The van der Waals surface area contributed by atoms with Crippen LogP contribution in [0.1, 0.15) is 149 Å². The predicted octanol–water partition coefficient (Wildman–Crippen LogP) is 3.81. The number of aliphatic hydroxyl groups excluding tert-OH is 3. The maximum atomic E-state index is 13.9. The van der Waals surface area contributed by atoms with E-state index in [2.05, 4.69) is 13.8 Å². The molecule has 0 aromatic carbocycles. The van der Waals surface area contributed by atoms with Crippen LogP contribution in [0, 0.1) is 5.92 Å². The average molecular weight is 658 g/mol. The van der Waals surface area contributed by atoms with E-state index in [1.165, 1.54) is 62.7 Å². The fourth-order valence-electron chi connectivity index (χ4n) is 6.38. The summed E-state index contributed by atoms with van der Waals surface area (Å²) in [7, 11) is 0. The van der Waals surface area contributed by atoms with Crippen molar-refractivity contribution in [2.24, 2.45) is 23.1 Å². The zero-order chi connectivity index (χ0) is 35.3. The van der Waals surface area contributed by atoms with Gasteiger partial charge in [0.05, 0.1) is 19.3 Å². The number of carbonyl (C=O) groups excluding carboxylic acids is 3. The van der Waals surface area contributed by atoms with Gasteiger partial charge in [0.25, 0.3) is 0 Å². The van der Waals surface area contributed by atoms with Crippen LogP contribution in [0.25, 0.3) is 0 Å². The van der Waals surface area contributed by atoms with E-state index in [1.54, 1.807) is 0 Å². The van der Waals surface area contributed by atoms with Crippen molar-refractivity contribution >= 4 is 17.5 Å². The monoisotopic (exact) mass is 658 g/mol. The van der Waals surface area contributed by atoms with Crippen LogP contribution < -0.4 is 17.2 Å². The fraction of sp³-hybridized carbons (Fsp3) is 0.914. The second-order valence-electron chi connectivity index (χ2n) is 13.5. The molecule has 11 nitrogen and oxygen atoms in total. The van der Waals surface area contributed by atoms with Gasteiger partial charge in [-0.2, -0.15) is 0 Å². The van der Waals surface area contributed by atoms with Crippen LogP contribution in [0.15, 0.2) is 0 Å². The Morgan fingerprint density at radius 1 is 0.804 bits per heavy atom. The predicted molar refractivity (Wildman–Crippen MR) is 181 cm³/mol. The Balaban J connectivity index is 3.14. The first-order valence-electron chi connectivity index (χ1n) is 18.7. The van der Waals surface area contributed by atoms with Crippen LogP contribution in [0.3, 0.4) is 0 Å². The van der Waals surface area contributed by atoms with Crippen molar-refractivity contribution in [3.8, 4) is 0 Å². The molecule has 11 heteroatoms. The number of hydrogen-bond donors (Lipinski definition) is 6. The summed E-state index contributed by atoms with van der Waals surface area (Å²) in [5.41, 5.74) is 12.7. The Hall–Kier alpha value is -1.47. The van der Waals surface area contributed by atoms with Gasteiger partial charge >= 0.3 is 0 Å². The maximum absolute atomic E-state index is 13.9. The molecule has 0 spiro atoms. The minimum atomic E-state index is -2.28. The topological polar surface area (TPSA) is 202 Å². The highest BCUT2D eigenvalue weighted by atomic mass is 16.6. The van der Waals surface area contributed by atoms with Gasteiger partial charge in [-0.15, -0.1) is 0 Å². The van der Waals surface area contributed by atoms with Crippen molar-refractivity contribution in [1.29, 1.82) is 0 Å². The van der Waals surface area contributed by atoms with Gasteiger partial charge in [-0.05, 0) is 19.8 Å². The van der Waals surface area contributed by atoms with Gasteiger partial charge in [0.1, 0.15) is 25.1 Å². The first-order chi connectivity index (χ1) is 22.4. The highest BCUT2D eigenvalue weighted by Gasteiger charge is 2.61. The number of hydrogen-bond acceptors (Lipinski definition) is 10. The molecule has 1 amide bonds. The summed E-state index contributed by atoms with van der Waals surface area (Å²) in [5, 5.41) is 32.0. The summed E-state index contributed by atoms with van der Waals surface area (Å²) in [6, 6.07) is 0. The van der Waals surface area contributed by atoms with Gasteiger partial charge in [0, 0.05) is 13.0 Å². The molecule has 0 aromatic rings. The molecule has 1 heterocycles. The number of nitrogens with two attached hydrogens (primary N) is 3. The molecule has 0 saturated carbocycles. The maximum Gasteiger partial charge on any atom is 0.225 e. The third-order valence-electron chi connectivity index (χ3n) is 9.52. The molecule has 46 heavy (non-hydrogen) atoms. The molecule has 1 aliphatic rings. The number of ketones is 2. The van der Waals surface area contributed by atoms with Gasteiger partial charge < -0.3 is 36.4 Å². The van der Waals surface area contributed by atoms with Crippen LogP contribution in [0.5, 0.6) is 0 Å². The Bertz CT molecular complexity index is 896. The van der Waals surface area contributed by atoms with E-state index < -0.39 is 60.3 Å². The second kappa shape index (κ2) is 23.0. The normalized spacial score (nSPS) is 24.7. The third-order valence-corrected chi connectivity index (χ3v) is 9.52. The molecule has 1 aliphatic heterocycles. The lowest BCUT2D eigenvalue weighted by molar-refractivity contribution is -0.292. The zero-order valence-corrected chi connectivity index (χ0v) is 29.1. The first kappa shape index (κ1) is 40.7. The van der Waals surface area contributed by atoms with Gasteiger partial charge in [-0.25, -0.2) is 0 Å². The van der Waals surface area contributed by atoms with Crippen molar-refractivity contribution < 1.29 is 35.9 Å². The van der Waals surface area contributed by atoms with Gasteiger partial charge in [0.15, 0.2) is 11.6 Å². The fourth-order valence-corrected chi connectivity index (χ4v) is 6.38. The number of rotatable bonds is 28. The number of unbranched alkanes of at least 4 members (excludes halogenated alkanes) is 17. The van der Waals surface area contributed by atoms with Crippen molar-refractivity contribution in [2.45, 2.75) is 179 Å². The Kier molecular flexibility index (Phi) is 20.3. The number of carbonyl (C=O) groups is 3. The summed E-state index contributed by atoms with van der Waals surface area (Å²) in [5.74, 6) is -6.30. The largest absolute Gasteiger partial charge is 0.394 e. The SMILES string of the molecule is [2H]NCC(=O)[C@@](C)(N)C(=O)[C@@H]1[C@@H](O)[C@H](O)[C@@H](CO)O[C@@]1(N)N(CCCCCCCCCCCC)C(=O)CCCCCCCCCCC. The van der Waals surface area contributed by atoms with E-state index >= 15 is 0 Å². The summed E-state index contributed by atoms with van der Waals surface area (Å²) < 4.78 is 13.2. The van der Waals surface area contributed by atoms with Crippen LogP contribution in [-0.2, 0) is 19.1 Å². The van der Waals surface area contributed by atoms with Gasteiger partial charge in [-0.1, -0.05) is 123 Å². The molecular weight excluding hydrogens is 588 g/mol. The van der Waals surface area contributed by atoms with E-state index in [9.17, 15) is 29.7 Å². The molecule has 6 atom stereocenters. The Morgan fingerprint density at radius 2 is 1.26 bits per heavy atom. The van der Waals surface area contributed by atoms with Crippen molar-refractivity contribution in [3.63, 3.8) is 0 Å². The molecular formula is C35H68N4O7. The van der Waals surface area contributed by atoms with E-state index in [4.69, 9.17) is 17.6 Å². The lowest BCUT2D eigenvalue weighted by atomic mass is 9.75. The van der Waals surface area contributed by atoms with E-state index in [-0.39, 0.29) is 18.9 Å². The minimum Gasteiger partial charge on any atom is -0.394 e. The molecule has 1 rings (SSSR count). The van der Waals surface area contributed by atoms with E-state index in [1.807, 2.05) is 5.73 Å². The van der Waals surface area contributed by atoms with Gasteiger partial charge in [0.2, 0.25) is 11.8 Å².